The number of rotatable bonds is 3. The van der Waals surface area contributed by atoms with Crippen molar-refractivity contribution in [1.29, 1.82) is 5.26 Å². The second kappa shape index (κ2) is 5.98. The fourth-order valence-corrected chi connectivity index (χ4v) is 3.21. The molecule has 2 aromatic rings. The molecule has 0 amide bonds. The van der Waals surface area contributed by atoms with Crippen LogP contribution in [0.2, 0.25) is 0 Å². The molecule has 4 nitrogen and oxygen atoms in total. The number of nitriles is 1. The maximum absolute atomic E-state index is 11.4. The molecule has 0 saturated carbocycles. The molecular weight excluding hydrogens is 284 g/mol. The van der Waals surface area contributed by atoms with Crippen LogP contribution in [0.25, 0.3) is 0 Å². The standard InChI is InChI=1S/C16H14N2O2S/c1-9-7-13(5-4-12(9)8-17)21-15-14(16(19)20)10(2)6-11(3)18-15/h4-7H,1-3H3,(H,19,20). The van der Waals surface area contributed by atoms with Gasteiger partial charge in [-0.15, -0.1) is 0 Å². The topological polar surface area (TPSA) is 74.0 Å². The number of hydrogen-bond acceptors (Lipinski definition) is 4. The molecule has 0 atom stereocenters. The predicted octanol–water partition coefficient (Wildman–Crippen LogP) is 3.73. The summed E-state index contributed by atoms with van der Waals surface area (Å²) in [5, 5.41) is 18.8. The molecule has 0 aliphatic heterocycles. The van der Waals surface area contributed by atoms with E-state index in [4.69, 9.17) is 5.26 Å². The number of aromatic carboxylic acids is 1. The molecule has 1 heterocycles. The summed E-state index contributed by atoms with van der Waals surface area (Å²) in [6.45, 7) is 5.47. The monoisotopic (exact) mass is 298 g/mol. The first-order chi connectivity index (χ1) is 9.92. The second-order valence-corrected chi connectivity index (χ2v) is 5.82. The molecular formula is C16H14N2O2S. The van der Waals surface area contributed by atoms with Crippen molar-refractivity contribution in [3.8, 4) is 6.07 Å². The summed E-state index contributed by atoms with van der Waals surface area (Å²) in [4.78, 5) is 16.6. The minimum atomic E-state index is -0.979. The Hall–Kier alpha value is -2.32. The molecule has 0 bridgehead atoms. The van der Waals surface area contributed by atoms with E-state index in [9.17, 15) is 9.90 Å². The van der Waals surface area contributed by atoms with Crippen LogP contribution in [0, 0.1) is 32.1 Å². The number of carboxylic acids is 1. The fraction of sp³-hybridized carbons (Fsp3) is 0.188. The van der Waals surface area contributed by atoms with E-state index < -0.39 is 5.97 Å². The Bertz CT molecular complexity index is 764. The zero-order valence-corrected chi connectivity index (χ0v) is 12.8. The Balaban J connectivity index is 2.47. The van der Waals surface area contributed by atoms with Gasteiger partial charge in [0, 0.05) is 10.6 Å². The third kappa shape index (κ3) is 3.23. The summed E-state index contributed by atoms with van der Waals surface area (Å²) in [6, 6.07) is 9.29. The van der Waals surface area contributed by atoms with Crippen LogP contribution in [0.5, 0.6) is 0 Å². The van der Waals surface area contributed by atoms with Crippen LogP contribution in [0.1, 0.15) is 32.7 Å². The van der Waals surface area contributed by atoms with Crippen molar-refractivity contribution in [2.45, 2.75) is 30.7 Å². The van der Waals surface area contributed by atoms with Gasteiger partial charge in [0.25, 0.3) is 0 Å². The summed E-state index contributed by atoms with van der Waals surface area (Å²) < 4.78 is 0. The first-order valence-corrected chi connectivity index (χ1v) is 7.14. The number of carbonyl (C=O) groups is 1. The second-order valence-electron chi connectivity index (χ2n) is 4.76. The van der Waals surface area contributed by atoms with Gasteiger partial charge in [0.1, 0.15) is 5.03 Å². The molecule has 0 spiro atoms. The van der Waals surface area contributed by atoms with Gasteiger partial charge < -0.3 is 5.11 Å². The van der Waals surface area contributed by atoms with E-state index >= 15 is 0 Å². The van der Waals surface area contributed by atoms with Gasteiger partial charge in [0.2, 0.25) is 0 Å². The number of aryl methyl sites for hydroxylation is 3. The van der Waals surface area contributed by atoms with Gasteiger partial charge in [-0.25, -0.2) is 9.78 Å². The van der Waals surface area contributed by atoms with E-state index in [1.807, 2.05) is 19.9 Å². The molecule has 0 fully saturated rings. The number of benzene rings is 1. The minimum Gasteiger partial charge on any atom is -0.478 e. The molecule has 1 N–H and O–H groups in total. The van der Waals surface area contributed by atoms with Crippen LogP contribution < -0.4 is 0 Å². The van der Waals surface area contributed by atoms with E-state index in [0.717, 1.165) is 16.2 Å². The Kier molecular flexibility index (Phi) is 4.29. The first kappa shape index (κ1) is 15.1. The molecule has 106 valence electrons. The van der Waals surface area contributed by atoms with Crippen molar-refractivity contribution in [2.75, 3.05) is 0 Å². The smallest absolute Gasteiger partial charge is 0.338 e. The van der Waals surface area contributed by atoms with Crippen molar-refractivity contribution in [2.24, 2.45) is 0 Å². The lowest BCUT2D eigenvalue weighted by Gasteiger charge is -2.10. The van der Waals surface area contributed by atoms with Gasteiger partial charge in [-0.3, -0.25) is 0 Å². The molecule has 1 aromatic carbocycles. The van der Waals surface area contributed by atoms with Gasteiger partial charge in [0.15, 0.2) is 0 Å². The van der Waals surface area contributed by atoms with Crippen molar-refractivity contribution in [1.82, 2.24) is 4.98 Å². The Morgan fingerprint density at radius 3 is 2.52 bits per heavy atom. The number of pyridine rings is 1. The largest absolute Gasteiger partial charge is 0.478 e. The molecule has 0 aliphatic rings. The first-order valence-electron chi connectivity index (χ1n) is 6.32. The van der Waals surface area contributed by atoms with Gasteiger partial charge in [0.05, 0.1) is 17.2 Å². The van der Waals surface area contributed by atoms with Crippen LogP contribution in [0.3, 0.4) is 0 Å². The lowest BCUT2D eigenvalue weighted by Crippen LogP contribution is -2.05. The molecule has 5 heteroatoms. The fourth-order valence-electron chi connectivity index (χ4n) is 2.07. The van der Waals surface area contributed by atoms with Gasteiger partial charge in [-0.2, -0.15) is 5.26 Å². The van der Waals surface area contributed by atoms with E-state index in [1.54, 1.807) is 25.1 Å². The minimum absolute atomic E-state index is 0.229. The Morgan fingerprint density at radius 1 is 1.24 bits per heavy atom. The molecule has 0 saturated heterocycles. The van der Waals surface area contributed by atoms with Crippen LogP contribution in [0.15, 0.2) is 34.2 Å². The average molecular weight is 298 g/mol. The van der Waals surface area contributed by atoms with Gasteiger partial charge in [-0.05, 0) is 56.2 Å². The average Bonchev–Trinajstić information content (AvgIpc) is 2.37. The Labute approximate surface area is 127 Å². The number of hydrogen-bond donors (Lipinski definition) is 1. The van der Waals surface area contributed by atoms with Crippen LogP contribution in [-0.2, 0) is 0 Å². The van der Waals surface area contributed by atoms with E-state index in [0.29, 0.717) is 16.2 Å². The molecule has 0 aliphatic carbocycles. The molecule has 1 aromatic heterocycles. The lowest BCUT2D eigenvalue weighted by atomic mass is 10.1. The summed E-state index contributed by atoms with van der Waals surface area (Å²) in [6.07, 6.45) is 0. The van der Waals surface area contributed by atoms with Gasteiger partial charge >= 0.3 is 5.97 Å². The molecule has 0 radical (unpaired) electrons. The highest BCUT2D eigenvalue weighted by Gasteiger charge is 2.17. The Morgan fingerprint density at radius 2 is 1.95 bits per heavy atom. The quantitative estimate of drug-likeness (QED) is 0.934. The van der Waals surface area contributed by atoms with Gasteiger partial charge in [-0.1, -0.05) is 11.8 Å². The maximum Gasteiger partial charge on any atom is 0.338 e. The number of aromatic nitrogens is 1. The molecule has 0 unspecified atom stereocenters. The van der Waals surface area contributed by atoms with Crippen LogP contribution in [0.4, 0.5) is 0 Å². The normalized spacial score (nSPS) is 10.2. The highest BCUT2D eigenvalue weighted by molar-refractivity contribution is 7.99. The van der Waals surface area contributed by atoms with Crippen molar-refractivity contribution < 1.29 is 9.90 Å². The third-order valence-electron chi connectivity index (χ3n) is 3.06. The van der Waals surface area contributed by atoms with E-state index in [2.05, 4.69) is 11.1 Å². The summed E-state index contributed by atoms with van der Waals surface area (Å²) in [7, 11) is 0. The molecule has 21 heavy (non-hydrogen) atoms. The lowest BCUT2D eigenvalue weighted by molar-refractivity contribution is 0.0691. The SMILES string of the molecule is Cc1cc(C)c(C(=O)O)c(Sc2ccc(C#N)c(C)c2)n1. The van der Waals surface area contributed by atoms with Crippen molar-refractivity contribution in [3.05, 3.63) is 52.2 Å². The summed E-state index contributed by atoms with van der Waals surface area (Å²) in [5.74, 6) is -0.979. The highest BCUT2D eigenvalue weighted by atomic mass is 32.2. The maximum atomic E-state index is 11.4. The number of carboxylic acid groups (broad SMARTS) is 1. The zero-order chi connectivity index (χ0) is 15.6. The van der Waals surface area contributed by atoms with Crippen LogP contribution >= 0.6 is 11.8 Å². The summed E-state index contributed by atoms with van der Waals surface area (Å²) in [5.41, 5.74) is 3.19. The third-order valence-corrected chi connectivity index (χ3v) is 4.04. The van der Waals surface area contributed by atoms with Crippen molar-refractivity contribution >= 4 is 17.7 Å². The van der Waals surface area contributed by atoms with E-state index in [-0.39, 0.29) is 5.56 Å². The summed E-state index contributed by atoms with van der Waals surface area (Å²) >= 11 is 1.30. The molecule has 2 rings (SSSR count). The van der Waals surface area contributed by atoms with E-state index in [1.165, 1.54) is 11.8 Å². The zero-order valence-electron chi connectivity index (χ0n) is 12.0. The van der Waals surface area contributed by atoms with Crippen LogP contribution in [-0.4, -0.2) is 16.1 Å². The number of nitrogens with zero attached hydrogens (tertiary/aromatic N) is 2. The highest BCUT2D eigenvalue weighted by Crippen LogP contribution is 2.31. The van der Waals surface area contributed by atoms with Crippen molar-refractivity contribution in [3.63, 3.8) is 0 Å². The predicted molar refractivity (Wildman–Crippen MR) is 80.7 cm³/mol.